The van der Waals surface area contributed by atoms with E-state index < -0.39 is 0 Å². The second kappa shape index (κ2) is 26.5. The minimum absolute atomic E-state index is 0.136. The Balaban J connectivity index is 0. The summed E-state index contributed by atoms with van der Waals surface area (Å²) in [5.41, 5.74) is 0.542. The van der Waals surface area contributed by atoms with E-state index in [1.165, 1.54) is 70.6 Å². The maximum Gasteiger partial charge on any atom is 0.305 e. The summed E-state index contributed by atoms with van der Waals surface area (Å²) in [7, 11) is 0. The quantitative estimate of drug-likeness (QED) is 0.120. The van der Waals surface area contributed by atoms with Crippen molar-refractivity contribution < 1.29 is 19.1 Å². The molecular weight excluding hydrogens is 424 g/mol. The lowest BCUT2D eigenvalue weighted by molar-refractivity contribution is -0.146. The van der Waals surface area contributed by atoms with E-state index >= 15 is 0 Å². The van der Waals surface area contributed by atoms with Crippen LogP contribution in [0, 0.1) is 5.41 Å². The van der Waals surface area contributed by atoms with E-state index in [0.717, 1.165) is 25.7 Å². The van der Waals surface area contributed by atoms with Crippen molar-refractivity contribution in [1.82, 2.24) is 0 Å². The first kappa shape index (κ1) is 35.1. The molecule has 4 nitrogen and oxygen atoms in total. The summed E-state index contributed by atoms with van der Waals surface area (Å²) >= 11 is 0. The van der Waals surface area contributed by atoms with Gasteiger partial charge >= 0.3 is 11.9 Å². The molecule has 0 saturated heterocycles. The SMILES string of the molecule is CCC(C)(C)C.CCCCCCCCCCOC(=O)CCCCC(=O)OCCCCCCCC. The minimum atomic E-state index is -0.138. The van der Waals surface area contributed by atoms with E-state index in [1.54, 1.807) is 0 Å². The third-order valence-electron chi connectivity index (χ3n) is 6.09. The molecule has 34 heavy (non-hydrogen) atoms. The predicted octanol–water partition coefficient (Wildman–Crippen LogP) is 9.58. The highest BCUT2D eigenvalue weighted by atomic mass is 16.5. The molecule has 0 bridgehead atoms. The first-order valence-electron chi connectivity index (χ1n) is 14.6. The van der Waals surface area contributed by atoms with Gasteiger partial charge in [-0.25, -0.2) is 0 Å². The van der Waals surface area contributed by atoms with Gasteiger partial charge in [0, 0.05) is 12.8 Å². The van der Waals surface area contributed by atoms with Crippen molar-refractivity contribution in [3.8, 4) is 0 Å². The normalized spacial score (nSPS) is 11.0. The van der Waals surface area contributed by atoms with E-state index in [0.29, 0.717) is 44.3 Å². The van der Waals surface area contributed by atoms with Crippen molar-refractivity contribution in [2.24, 2.45) is 5.41 Å². The molecule has 0 fully saturated rings. The van der Waals surface area contributed by atoms with Gasteiger partial charge in [-0.05, 0) is 31.1 Å². The largest absolute Gasteiger partial charge is 0.466 e. The average molecular weight is 485 g/mol. The Morgan fingerprint density at radius 2 is 0.794 bits per heavy atom. The molecule has 0 aliphatic rings. The number of rotatable bonds is 21. The molecule has 0 saturated carbocycles. The van der Waals surface area contributed by atoms with Crippen LogP contribution in [0.1, 0.15) is 164 Å². The number of carbonyl (C=O) groups is 2. The molecular formula is C30H60O4. The highest BCUT2D eigenvalue weighted by Crippen LogP contribution is 2.16. The molecule has 0 aromatic rings. The molecule has 204 valence electrons. The lowest BCUT2D eigenvalue weighted by Crippen LogP contribution is -2.08. The second-order valence-electron chi connectivity index (χ2n) is 10.8. The molecule has 0 aliphatic heterocycles. The zero-order chi connectivity index (χ0) is 25.9. The maximum atomic E-state index is 11.7. The van der Waals surface area contributed by atoms with Gasteiger partial charge in [-0.3, -0.25) is 9.59 Å². The number of hydrogen-bond donors (Lipinski definition) is 0. The van der Waals surface area contributed by atoms with Crippen LogP contribution in [0.15, 0.2) is 0 Å². The topological polar surface area (TPSA) is 52.6 Å². The van der Waals surface area contributed by atoms with Crippen LogP contribution in [0.5, 0.6) is 0 Å². The Labute approximate surface area is 213 Å². The summed E-state index contributed by atoms with van der Waals surface area (Å²) in [6.45, 7) is 14.4. The second-order valence-corrected chi connectivity index (χ2v) is 10.8. The Morgan fingerprint density at radius 3 is 1.09 bits per heavy atom. The van der Waals surface area contributed by atoms with Crippen LogP contribution in [-0.2, 0) is 19.1 Å². The van der Waals surface area contributed by atoms with Gasteiger partial charge in [0.15, 0.2) is 0 Å². The maximum absolute atomic E-state index is 11.7. The smallest absolute Gasteiger partial charge is 0.305 e. The average Bonchev–Trinajstić information content (AvgIpc) is 2.80. The van der Waals surface area contributed by atoms with E-state index in [-0.39, 0.29) is 11.9 Å². The van der Waals surface area contributed by atoms with Crippen LogP contribution in [-0.4, -0.2) is 25.2 Å². The van der Waals surface area contributed by atoms with Crippen molar-refractivity contribution in [2.75, 3.05) is 13.2 Å². The molecule has 0 spiro atoms. The number of ether oxygens (including phenoxy) is 2. The monoisotopic (exact) mass is 484 g/mol. The van der Waals surface area contributed by atoms with Crippen LogP contribution in [0.25, 0.3) is 0 Å². The van der Waals surface area contributed by atoms with Crippen molar-refractivity contribution in [3.05, 3.63) is 0 Å². The van der Waals surface area contributed by atoms with Crippen LogP contribution in [0.4, 0.5) is 0 Å². The molecule has 0 rings (SSSR count). The summed E-state index contributed by atoms with van der Waals surface area (Å²) < 4.78 is 10.5. The molecule has 0 aromatic heterocycles. The Morgan fingerprint density at radius 1 is 0.500 bits per heavy atom. The highest BCUT2D eigenvalue weighted by molar-refractivity contribution is 5.70. The Bertz CT molecular complexity index is 440. The fraction of sp³-hybridized carbons (Fsp3) is 0.933. The zero-order valence-corrected chi connectivity index (χ0v) is 24.0. The van der Waals surface area contributed by atoms with Crippen LogP contribution in [0.3, 0.4) is 0 Å². The van der Waals surface area contributed by atoms with Crippen LogP contribution >= 0.6 is 0 Å². The lowest BCUT2D eigenvalue weighted by atomic mass is 9.94. The summed E-state index contributed by atoms with van der Waals surface area (Å²) in [6, 6.07) is 0. The third-order valence-corrected chi connectivity index (χ3v) is 6.09. The molecule has 0 aromatic carbocycles. The van der Waals surface area contributed by atoms with Crippen molar-refractivity contribution in [3.63, 3.8) is 0 Å². The number of hydrogen-bond acceptors (Lipinski definition) is 4. The molecule has 0 amide bonds. The molecule has 0 heterocycles. The fourth-order valence-electron chi connectivity index (χ4n) is 3.17. The first-order valence-corrected chi connectivity index (χ1v) is 14.6. The van der Waals surface area contributed by atoms with E-state index in [9.17, 15) is 9.59 Å². The minimum Gasteiger partial charge on any atom is -0.466 e. The summed E-state index contributed by atoms with van der Waals surface area (Å²) in [4.78, 5) is 23.3. The summed E-state index contributed by atoms with van der Waals surface area (Å²) in [5.74, 6) is -0.274. The van der Waals surface area contributed by atoms with Crippen molar-refractivity contribution in [1.29, 1.82) is 0 Å². The molecule has 0 unspecified atom stereocenters. The molecule has 0 atom stereocenters. The van der Waals surface area contributed by atoms with E-state index in [4.69, 9.17) is 9.47 Å². The number of carbonyl (C=O) groups excluding carboxylic acids is 2. The fourth-order valence-corrected chi connectivity index (χ4v) is 3.17. The zero-order valence-electron chi connectivity index (χ0n) is 24.0. The van der Waals surface area contributed by atoms with Crippen molar-refractivity contribution in [2.45, 2.75) is 164 Å². The molecule has 4 heteroatoms. The molecule has 0 radical (unpaired) electrons. The standard InChI is InChI=1S/C24H46O4.C6H14/c1-3-5-7-9-11-12-14-18-22-28-24(26)20-16-15-19-23(25)27-21-17-13-10-8-6-4-2;1-5-6(2,3)4/h3-22H2,1-2H3;5H2,1-4H3. The van der Waals surface area contributed by atoms with Gasteiger partial charge in [-0.1, -0.05) is 125 Å². The number of esters is 2. The van der Waals surface area contributed by atoms with Crippen LogP contribution in [0.2, 0.25) is 0 Å². The van der Waals surface area contributed by atoms with Gasteiger partial charge in [-0.2, -0.15) is 0 Å². The number of unbranched alkanes of at least 4 members (excludes halogenated alkanes) is 13. The lowest BCUT2D eigenvalue weighted by Gasteiger charge is -2.12. The van der Waals surface area contributed by atoms with Gasteiger partial charge in [-0.15, -0.1) is 0 Å². The van der Waals surface area contributed by atoms with Crippen molar-refractivity contribution >= 4 is 11.9 Å². The molecule has 0 aliphatic carbocycles. The van der Waals surface area contributed by atoms with E-state index in [2.05, 4.69) is 41.5 Å². The highest BCUT2D eigenvalue weighted by Gasteiger charge is 2.06. The first-order chi connectivity index (χ1) is 16.3. The van der Waals surface area contributed by atoms with Gasteiger partial charge < -0.3 is 9.47 Å². The van der Waals surface area contributed by atoms with E-state index in [1.807, 2.05) is 0 Å². The van der Waals surface area contributed by atoms with Gasteiger partial charge in [0.05, 0.1) is 13.2 Å². The summed E-state index contributed by atoms with van der Waals surface area (Å²) in [5, 5.41) is 0. The third kappa shape index (κ3) is 33.1. The summed E-state index contributed by atoms with van der Waals surface area (Å²) in [6.07, 6.45) is 20.6. The van der Waals surface area contributed by atoms with Gasteiger partial charge in [0.1, 0.15) is 0 Å². The van der Waals surface area contributed by atoms with Gasteiger partial charge in [0.2, 0.25) is 0 Å². The Hall–Kier alpha value is -1.06. The molecule has 0 N–H and O–H groups in total. The van der Waals surface area contributed by atoms with Crippen LogP contribution < -0.4 is 0 Å². The van der Waals surface area contributed by atoms with Gasteiger partial charge in [0.25, 0.3) is 0 Å². The Kier molecular flexibility index (Phi) is 27.4. The predicted molar refractivity (Wildman–Crippen MR) is 146 cm³/mol.